The minimum atomic E-state index is -3.85. The van der Waals surface area contributed by atoms with Crippen LogP contribution in [-0.4, -0.2) is 79.5 Å². The summed E-state index contributed by atoms with van der Waals surface area (Å²) in [6.45, 7) is 1.31. The van der Waals surface area contributed by atoms with Gasteiger partial charge in [-0.05, 0) is 36.1 Å². The first-order valence-corrected chi connectivity index (χ1v) is 16.3. The lowest BCUT2D eigenvalue weighted by atomic mass is 10.0. The van der Waals surface area contributed by atoms with Crippen LogP contribution in [0.3, 0.4) is 0 Å². The van der Waals surface area contributed by atoms with E-state index in [9.17, 15) is 23.1 Å². The molecule has 44 heavy (non-hydrogen) atoms. The molecular weight excluding hydrogens is 584 g/mol. The molecular formula is C32H36N4O7S. The predicted molar refractivity (Wildman–Crippen MR) is 164 cm³/mol. The number of aliphatic hydroxyl groups excluding tert-OH is 1. The number of nitrogens with zero attached hydrogens (tertiary/aromatic N) is 2. The number of ether oxygens (including phenoxy) is 1. The zero-order valence-electron chi connectivity index (χ0n) is 24.2. The van der Waals surface area contributed by atoms with Gasteiger partial charge in [-0.25, -0.2) is 18.2 Å². The molecule has 1 aromatic heterocycles. The molecule has 0 saturated carbocycles. The van der Waals surface area contributed by atoms with E-state index in [1.54, 1.807) is 54.6 Å². The lowest BCUT2D eigenvalue weighted by Gasteiger charge is -2.30. The first-order chi connectivity index (χ1) is 21.3. The Morgan fingerprint density at radius 2 is 1.52 bits per heavy atom. The number of hydrogen-bond acceptors (Lipinski definition) is 8. The van der Waals surface area contributed by atoms with Crippen molar-refractivity contribution in [1.29, 1.82) is 0 Å². The van der Waals surface area contributed by atoms with E-state index < -0.39 is 45.7 Å². The number of hydrogen-bond donors (Lipinski definition) is 3. The molecule has 1 aliphatic rings. The van der Waals surface area contributed by atoms with Gasteiger partial charge >= 0.3 is 6.03 Å². The van der Waals surface area contributed by atoms with Crippen LogP contribution in [0.5, 0.6) is 0 Å². The number of para-hydroxylation sites is 2. The Labute approximate surface area is 256 Å². The normalized spacial score (nSPS) is 15.8. The van der Waals surface area contributed by atoms with Crippen LogP contribution in [0.4, 0.5) is 4.79 Å². The van der Waals surface area contributed by atoms with Crippen LogP contribution in [0.2, 0.25) is 0 Å². The van der Waals surface area contributed by atoms with E-state index in [2.05, 4.69) is 15.6 Å². The number of amides is 3. The number of aliphatic hydroxyl groups is 1. The fourth-order valence-corrected chi connectivity index (χ4v) is 6.64. The Balaban J connectivity index is 1.38. The molecule has 1 aliphatic heterocycles. The summed E-state index contributed by atoms with van der Waals surface area (Å²) in [6, 6.07) is 22.4. The SMILES string of the molecule is O=C(N[C@@H](CCc1ccccc1)C(O)c1nc2ccccc2o1)[C@H](CS(=O)(=O)Cc1ccccc1)NC(=O)N1CCOCC1. The molecule has 0 bridgehead atoms. The second-order valence-electron chi connectivity index (χ2n) is 10.7. The van der Waals surface area contributed by atoms with Gasteiger partial charge in [-0.15, -0.1) is 0 Å². The summed E-state index contributed by atoms with van der Waals surface area (Å²) < 4.78 is 37.7. The number of sulfone groups is 1. The van der Waals surface area contributed by atoms with Crippen LogP contribution in [0.25, 0.3) is 11.1 Å². The average molecular weight is 621 g/mol. The van der Waals surface area contributed by atoms with E-state index in [0.29, 0.717) is 49.4 Å². The predicted octanol–water partition coefficient (Wildman–Crippen LogP) is 3.00. The maximum Gasteiger partial charge on any atom is 0.318 e. The average Bonchev–Trinajstić information content (AvgIpc) is 3.48. The zero-order valence-corrected chi connectivity index (χ0v) is 25.0. The number of rotatable bonds is 12. The van der Waals surface area contributed by atoms with Gasteiger partial charge in [-0.3, -0.25) is 4.79 Å². The highest BCUT2D eigenvalue weighted by atomic mass is 32.2. The summed E-state index contributed by atoms with van der Waals surface area (Å²) in [5.74, 6) is -1.64. The zero-order chi connectivity index (χ0) is 30.9. The fourth-order valence-electron chi connectivity index (χ4n) is 5.08. The van der Waals surface area contributed by atoms with E-state index in [4.69, 9.17) is 9.15 Å². The highest BCUT2D eigenvalue weighted by Gasteiger charge is 2.34. The molecule has 1 fully saturated rings. The number of carbonyl (C=O) groups excluding carboxylic acids is 2. The van der Waals surface area contributed by atoms with Crippen molar-refractivity contribution in [2.24, 2.45) is 0 Å². The lowest BCUT2D eigenvalue weighted by Crippen LogP contribution is -2.57. The van der Waals surface area contributed by atoms with Gasteiger partial charge < -0.3 is 29.8 Å². The van der Waals surface area contributed by atoms with Crippen molar-refractivity contribution < 1.29 is 32.3 Å². The number of fused-ring (bicyclic) bond motifs is 1. The minimum Gasteiger partial charge on any atom is -0.438 e. The molecule has 3 N–H and O–H groups in total. The van der Waals surface area contributed by atoms with E-state index in [1.165, 1.54) is 4.90 Å². The molecule has 12 heteroatoms. The van der Waals surface area contributed by atoms with Gasteiger partial charge in [0.05, 0.1) is 30.8 Å². The molecule has 0 spiro atoms. The monoisotopic (exact) mass is 620 g/mol. The quantitative estimate of drug-likeness (QED) is 0.219. The molecule has 1 saturated heterocycles. The van der Waals surface area contributed by atoms with Crippen molar-refractivity contribution in [1.82, 2.24) is 20.5 Å². The van der Waals surface area contributed by atoms with Gasteiger partial charge in [0.2, 0.25) is 11.8 Å². The number of oxazole rings is 1. The van der Waals surface area contributed by atoms with E-state index in [0.717, 1.165) is 5.56 Å². The highest BCUT2D eigenvalue weighted by molar-refractivity contribution is 7.90. The topological polar surface area (TPSA) is 151 Å². The van der Waals surface area contributed by atoms with Crippen molar-refractivity contribution in [3.8, 4) is 0 Å². The highest BCUT2D eigenvalue weighted by Crippen LogP contribution is 2.24. The van der Waals surface area contributed by atoms with Crippen LogP contribution >= 0.6 is 0 Å². The number of nitrogens with one attached hydrogen (secondary N) is 2. The second kappa shape index (κ2) is 14.5. The van der Waals surface area contributed by atoms with Gasteiger partial charge in [0.25, 0.3) is 0 Å². The van der Waals surface area contributed by atoms with Crippen LogP contribution in [0, 0.1) is 0 Å². The number of benzene rings is 3. The first-order valence-electron chi connectivity index (χ1n) is 14.5. The molecule has 3 amide bonds. The summed E-state index contributed by atoms with van der Waals surface area (Å²) in [7, 11) is -3.85. The number of carbonyl (C=O) groups is 2. The van der Waals surface area contributed by atoms with Crippen LogP contribution in [0.1, 0.15) is 29.5 Å². The minimum absolute atomic E-state index is 0.0233. The molecule has 0 aliphatic carbocycles. The maximum atomic E-state index is 13.8. The molecule has 3 aromatic carbocycles. The molecule has 11 nitrogen and oxygen atoms in total. The third-order valence-electron chi connectivity index (χ3n) is 7.42. The summed E-state index contributed by atoms with van der Waals surface area (Å²) in [4.78, 5) is 32.8. The van der Waals surface area contributed by atoms with E-state index in [-0.39, 0.29) is 18.1 Å². The summed E-state index contributed by atoms with van der Waals surface area (Å²) in [5.41, 5.74) is 2.59. The smallest absolute Gasteiger partial charge is 0.318 e. The molecule has 4 aromatic rings. The van der Waals surface area contributed by atoms with Crippen molar-refractivity contribution in [2.45, 2.75) is 36.8 Å². The van der Waals surface area contributed by atoms with Gasteiger partial charge in [-0.1, -0.05) is 72.8 Å². The largest absolute Gasteiger partial charge is 0.438 e. The Kier molecular flexibility index (Phi) is 10.3. The Hall–Kier alpha value is -4.26. The van der Waals surface area contributed by atoms with Crippen molar-refractivity contribution in [3.05, 3.63) is 102 Å². The summed E-state index contributed by atoms with van der Waals surface area (Å²) in [6.07, 6.45) is -0.553. The van der Waals surface area contributed by atoms with E-state index >= 15 is 0 Å². The van der Waals surface area contributed by atoms with Crippen molar-refractivity contribution in [2.75, 3.05) is 32.1 Å². The molecule has 1 unspecified atom stereocenters. The molecule has 232 valence electrons. The van der Waals surface area contributed by atoms with Gasteiger partial charge in [0.1, 0.15) is 11.6 Å². The third-order valence-corrected chi connectivity index (χ3v) is 9.04. The summed E-state index contributed by atoms with van der Waals surface area (Å²) >= 11 is 0. The Morgan fingerprint density at radius 1 is 0.886 bits per heavy atom. The van der Waals surface area contributed by atoms with Crippen LogP contribution in [-0.2, 0) is 31.5 Å². The Morgan fingerprint density at radius 3 is 2.20 bits per heavy atom. The second-order valence-corrected chi connectivity index (χ2v) is 12.9. The molecule has 2 heterocycles. The van der Waals surface area contributed by atoms with Gasteiger partial charge in [-0.2, -0.15) is 0 Å². The molecule has 3 atom stereocenters. The summed E-state index contributed by atoms with van der Waals surface area (Å²) in [5, 5.41) is 16.8. The van der Waals surface area contributed by atoms with Gasteiger partial charge in [0, 0.05) is 13.1 Å². The molecule has 5 rings (SSSR count). The van der Waals surface area contributed by atoms with Crippen LogP contribution in [0.15, 0.2) is 89.3 Å². The fraction of sp³-hybridized carbons (Fsp3) is 0.344. The van der Waals surface area contributed by atoms with E-state index in [1.807, 2.05) is 30.3 Å². The maximum absolute atomic E-state index is 13.8. The lowest BCUT2D eigenvalue weighted by molar-refractivity contribution is -0.124. The standard InChI is InChI=1S/C32H36N4O7S/c37-29(31-34-25-13-7-8-14-28(25)43-31)26(16-15-23-9-3-1-4-10-23)33-30(38)27(35-32(39)36-17-19-42-20-18-36)22-44(40,41)21-24-11-5-2-6-12-24/h1-14,26-27,29,37H,15-22H2,(H,33,38)(H,35,39)/t26-,27-,29?/m0/s1. The van der Waals surface area contributed by atoms with Crippen molar-refractivity contribution in [3.63, 3.8) is 0 Å². The first kappa shape index (κ1) is 31.2. The number of morpholine rings is 1. The third kappa shape index (κ3) is 8.43. The number of aromatic nitrogens is 1. The number of aryl methyl sites for hydroxylation is 1. The van der Waals surface area contributed by atoms with Crippen molar-refractivity contribution >= 4 is 32.9 Å². The van der Waals surface area contributed by atoms with Crippen LogP contribution < -0.4 is 10.6 Å². The van der Waals surface area contributed by atoms with Gasteiger partial charge in [0.15, 0.2) is 21.5 Å². The molecule has 0 radical (unpaired) electrons. The number of urea groups is 1. The Bertz CT molecular complexity index is 1610.